The number of sulfonamides is 1. The first-order chi connectivity index (χ1) is 13.9. The van der Waals surface area contributed by atoms with Crippen LogP contribution in [-0.2, 0) is 10.0 Å². The predicted octanol–water partition coefficient (Wildman–Crippen LogP) is 4.02. The second kappa shape index (κ2) is 7.68. The van der Waals surface area contributed by atoms with E-state index < -0.39 is 15.8 Å². The number of nitrogens with one attached hydrogen (secondary N) is 1. The van der Waals surface area contributed by atoms with Crippen molar-refractivity contribution in [2.24, 2.45) is 0 Å². The Labute approximate surface area is 172 Å². The van der Waals surface area contributed by atoms with Gasteiger partial charge in [-0.1, -0.05) is 13.0 Å². The average molecular weight is 434 g/mol. The van der Waals surface area contributed by atoms with Gasteiger partial charge in [-0.15, -0.1) is 11.3 Å². The molecule has 1 saturated carbocycles. The van der Waals surface area contributed by atoms with Gasteiger partial charge in [0.1, 0.15) is 0 Å². The highest BCUT2D eigenvalue weighted by Crippen LogP contribution is 2.47. The van der Waals surface area contributed by atoms with Crippen LogP contribution in [0.3, 0.4) is 0 Å². The van der Waals surface area contributed by atoms with Crippen LogP contribution in [0, 0.1) is 5.82 Å². The molecular formula is C19H20FN5O2S2. The minimum atomic E-state index is -3.62. The van der Waals surface area contributed by atoms with Crippen LogP contribution in [0.15, 0.2) is 30.5 Å². The molecule has 0 radical (unpaired) electrons. The molecule has 0 amide bonds. The molecule has 7 nitrogen and oxygen atoms in total. The van der Waals surface area contributed by atoms with E-state index in [-0.39, 0.29) is 23.0 Å². The highest BCUT2D eigenvalue weighted by Gasteiger charge is 2.30. The number of benzene rings is 1. The Bertz CT molecular complexity index is 1160. The van der Waals surface area contributed by atoms with Crippen molar-refractivity contribution in [3.8, 4) is 21.8 Å². The first-order valence-electron chi connectivity index (χ1n) is 9.27. The third-order valence-electron chi connectivity index (χ3n) is 4.47. The molecule has 1 aliphatic rings. The van der Waals surface area contributed by atoms with Crippen molar-refractivity contribution in [2.75, 3.05) is 16.2 Å². The van der Waals surface area contributed by atoms with Gasteiger partial charge >= 0.3 is 0 Å². The van der Waals surface area contributed by atoms with Crippen LogP contribution in [0.1, 0.15) is 37.1 Å². The molecule has 3 N–H and O–H groups in total. The van der Waals surface area contributed by atoms with Gasteiger partial charge in [0.2, 0.25) is 16.0 Å². The quantitative estimate of drug-likeness (QED) is 0.582. The summed E-state index contributed by atoms with van der Waals surface area (Å²) in [5, 5.41) is 0.920. The monoisotopic (exact) mass is 433 g/mol. The van der Waals surface area contributed by atoms with Gasteiger partial charge < -0.3 is 5.73 Å². The summed E-state index contributed by atoms with van der Waals surface area (Å²) in [6.45, 7) is 1.75. The van der Waals surface area contributed by atoms with Gasteiger partial charge in [-0.3, -0.25) is 4.72 Å². The number of anilines is 2. The molecule has 0 atom stereocenters. The molecule has 0 unspecified atom stereocenters. The number of hydrogen-bond donors (Lipinski definition) is 2. The van der Waals surface area contributed by atoms with Crippen molar-refractivity contribution >= 4 is 33.0 Å². The van der Waals surface area contributed by atoms with Crippen molar-refractivity contribution < 1.29 is 12.8 Å². The zero-order chi connectivity index (χ0) is 20.6. The van der Waals surface area contributed by atoms with Gasteiger partial charge in [0.05, 0.1) is 32.7 Å². The largest absolute Gasteiger partial charge is 0.368 e. The number of hydrogen-bond acceptors (Lipinski definition) is 7. The van der Waals surface area contributed by atoms with E-state index in [1.807, 2.05) is 0 Å². The molecule has 3 aromatic rings. The second-order valence-corrected chi connectivity index (χ2v) is 9.76. The van der Waals surface area contributed by atoms with E-state index in [9.17, 15) is 8.42 Å². The molecule has 2 aromatic heterocycles. The van der Waals surface area contributed by atoms with Crippen molar-refractivity contribution in [2.45, 2.75) is 32.1 Å². The number of nitrogens with zero attached hydrogens (tertiary/aromatic N) is 3. The third-order valence-corrected chi connectivity index (χ3v) is 7.19. The molecule has 10 heteroatoms. The number of nitrogen functional groups attached to an aromatic ring is 1. The molecule has 152 valence electrons. The Morgan fingerprint density at radius 2 is 2.07 bits per heavy atom. The summed E-state index contributed by atoms with van der Waals surface area (Å²) in [7, 11) is -3.62. The van der Waals surface area contributed by atoms with Gasteiger partial charge in [-0.05, 0) is 37.5 Å². The van der Waals surface area contributed by atoms with E-state index in [0.29, 0.717) is 28.6 Å². The van der Waals surface area contributed by atoms with Crippen LogP contribution in [-0.4, -0.2) is 29.1 Å². The summed E-state index contributed by atoms with van der Waals surface area (Å²) in [4.78, 5) is 13.5. The van der Waals surface area contributed by atoms with Crippen molar-refractivity contribution in [1.82, 2.24) is 15.0 Å². The minimum absolute atomic E-state index is 0.0787. The number of aromatic nitrogens is 3. The summed E-state index contributed by atoms with van der Waals surface area (Å²) < 4.78 is 41.9. The fourth-order valence-corrected chi connectivity index (χ4v) is 5.33. The smallest absolute Gasteiger partial charge is 0.232 e. The highest BCUT2D eigenvalue weighted by atomic mass is 32.2. The van der Waals surface area contributed by atoms with E-state index in [0.717, 1.165) is 17.8 Å². The topological polar surface area (TPSA) is 111 Å². The zero-order valence-corrected chi connectivity index (χ0v) is 17.4. The van der Waals surface area contributed by atoms with E-state index in [1.165, 1.54) is 17.4 Å². The van der Waals surface area contributed by atoms with Gasteiger partial charge in [0.15, 0.2) is 5.82 Å². The summed E-state index contributed by atoms with van der Waals surface area (Å²) >= 11 is 1.46. The number of halogens is 1. The van der Waals surface area contributed by atoms with Crippen LogP contribution >= 0.6 is 11.3 Å². The van der Waals surface area contributed by atoms with Crippen LogP contribution < -0.4 is 10.5 Å². The normalized spacial score (nSPS) is 14.1. The maximum atomic E-state index is 15.3. The maximum absolute atomic E-state index is 15.3. The Kier molecular flexibility index (Phi) is 5.22. The molecule has 1 fully saturated rings. The van der Waals surface area contributed by atoms with Crippen LogP contribution in [0.5, 0.6) is 0 Å². The molecule has 29 heavy (non-hydrogen) atoms. The predicted molar refractivity (Wildman–Crippen MR) is 113 cm³/mol. The van der Waals surface area contributed by atoms with Crippen molar-refractivity contribution in [1.29, 1.82) is 0 Å². The van der Waals surface area contributed by atoms with Crippen LogP contribution in [0.4, 0.5) is 16.0 Å². The highest BCUT2D eigenvalue weighted by molar-refractivity contribution is 7.92. The van der Waals surface area contributed by atoms with E-state index in [2.05, 4.69) is 19.7 Å². The summed E-state index contributed by atoms with van der Waals surface area (Å²) in [6.07, 6.45) is 4.09. The Morgan fingerprint density at radius 3 is 2.76 bits per heavy atom. The van der Waals surface area contributed by atoms with E-state index >= 15 is 4.39 Å². The van der Waals surface area contributed by atoms with Gasteiger partial charge in [0.25, 0.3) is 0 Å². The maximum Gasteiger partial charge on any atom is 0.232 e. The SMILES string of the molecule is CCCS(=O)(=O)Nc1cccc(-c2nc(C3CC3)sc2-c2ccnc(N)n2)c1F. The van der Waals surface area contributed by atoms with Crippen molar-refractivity contribution in [3.05, 3.63) is 41.3 Å². The molecule has 0 saturated heterocycles. The number of nitrogens with two attached hydrogens (primary N) is 1. The molecule has 1 aromatic carbocycles. The van der Waals surface area contributed by atoms with Gasteiger partial charge in [-0.2, -0.15) is 0 Å². The second-order valence-electron chi connectivity index (χ2n) is 6.89. The van der Waals surface area contributed by atoms with E-state index in [1.54, 1.807) is 31.3 Å². The minimum Gasteiger partial charge on any atom is -0.368 e. The zero-order valence-electron chi connectivity index (χ0n) is 15.7. The molecule has 0 bridgehead atoms. The van der Waals surface area contributed by atoms with Crippen LogP contribution in [0.25, 0.3) is 21.8 Å². The lowest BCUT2D eigenvalue weighted by Gasteiger charge is -2.11. The Hall–Kier alpha value is -2.59. The Balaban J connectivity index is 1.81. The molecule has 0 spiro atoms. The molecule has 2 heterocycles. The third kappa shape index (κ3) is 4.23. The molecule has 0 aliphatic heterocycles. The lowest BCUT2D eigenvalue weighted by molar-refractivity contribution is 0.597. The molecule has 1 aliphatic carbocycles. The number of rotatable bonds is 7. The first kappa shape index (κ1) is 19.7. The average Bonchev–Trinajstić information content (AvgIpc) is 3.42. The van der Waals surface area contributed by atoms with E-state index in [4.69, 9.17) is 5.73 Å². The van der Waals surface area contributed by atoms with Crippen LogP contribution in [0.2, 0.25) is 0 Å². The fourth-order valence-electron chi connectivity index (χ4n) is 2.98. The molecular weight excluding hydrogens is 413 g/mol. The summed E-state index contributed by atoms with van der Waals surface area (Å²) in [5.41, 5.74) is 6.85. The standard InChI is InChI=1S/C19H20FN5O2S2/c1-2-10-29(26,27)25-13-5-3-4-12(15(13)20)16-17(14-8-9-22-19(21)23-14)28-18(24-16)11-6-7-11/h3-5,8-9,11,25H,2,6-7,10H2,1H3,(H2,21,22,23). The lowest BCUT2D eigenvalue weighted by atomic mass is 10.1. The van der Waals surface area contributed by atoms with Gasteiger partial charge in [0, 0.05) is 17.7 Å². The fraction of sp³-hybridized carbons (Fsp3) is 0.316. The first-order valence-corrected chi connectivity index (χ1v) is 11.7. The molecule has 4 rings (SSSR count). The summed E-state index contributed by atoms with van der Waals surface area (Å²) in [5.74, 6) is -0.245. The van der Waals surface area contributed by atoms with Crippen molar-refractivity contribution in [3.63, 3.8) is 0 Å². The lowest BCUT2D eigenvalue weighted by Crippen LogP contribution is -2.17. The Morgan fingerprint density at radius 1 is 1.28 bits per heavy atom. The van der Waals surface area contributed by atoms with Gasteiger partial charge in [-0.25, -0.2) is 27.8 Å². The number of thiazole rings is 1. The summed E-state index contributed by atoms with van der Waals surface area (Å²) in [6, 6.07) is 6.31.